The molecular weight excluding hydrogens is 266 g/mol. The van der Waals surface area contributed by atoms with Crippen LogP contribution in [0.1, 0.15) is 44.7 Å². The number of alkyl carbamates (subject to hydrolysis) is 1. The molecule has 4 heteroatoms. The lowest BCUT2D eigenvalue weighted by Gasteiger charge is -2.35. The van der Waals surface area contributed by atoms with Crippen LogP contribution in [0.3, 0.4) is 0 Å². The Kier molecular flexibility index (Phi) is 4.45. The molecule has 4 nitrogen and oxygen atoms in total. The molecule has 0 atom stereocenters. The van der Waals surface area contributed by atoms with Crippen molar-refractivity contribution < 1.29 is 14.3 Å². The third kappa shape index (κ3) is 4.66. The van der Waals surface area contributed by atoms with Crippen LogP contribution in [0, 0.1) is 13.8 Å². The number of nitrogens with one attached hydrogen (secondary N) is 1. The van der Waals surface area contributed by atoms with Crippen molar-refractivity contribution in [1.82, 2.24) is 5.32 Å². The number of hydrogen-bond donors (Lipinski definition) is 1. The highest BCUT2D eigenvalue weighted by atomic mass is 16.6. The van der Waals surface area contributed by atoms with Crippen molar-refractivity contribution >= 4 is 6.09 Å². The summed E-state index contributed by atoms with van der Waals surface area (Å²) in [5.74, 6) is 0.890. The molecule has 1 fully saturated rings. The molecular formula is C17H25NO3. The fourth-order valence-corrected chi connectivity index (χ4v) is 2.18. The zero-order chi connectivity index (χ0) is 15.6. The van der Waals surface area contributed by atoms with E-state index in [0.29, 0.717) is 0 Å². The molecule has 0 heterocycles. The van der Waals surface area contributed by atoms with Gasteiger partial charge < -0.3 is 14.8 Å². The molecule has 0 aliphatic heterocycles. The largest absolute Gasteiger partial charge is 0.490 e. The van der Waals surface area contributed by atoms with Gasteiger partial charge in [-0.25, -0.2) is 4.79 Å². The summed E-state index contributed by atoms with van der Waals surface area (Å²) < 4.78 is 11.2. The molecule has 1 amide bonds. The van der Waals surface area contributed by atoms with Gasteiger partial charge in [0.2, 0.25) is 0 Å². The van der Waals surface area contributed by atoms with Crippen molar-refractivity contribution in [1.29, 1.82) is 0 Å². The molecule has 0 bridgehead atoms. The lowest BCUT2D eigenvalue weighted by atomic mass is 9.92. The molecule has 0 aromatic heterocycles. The van der Waals surface area contributed by atoms with Gasteiger partial charge in [-0.15, -0.1) is 0 Å². The first-order valence-electron chi connectivity index (χ1n) is 7.45. The van der Waals surface area contributed by atoms with Crippen molar-refractivity contribution in [3.8, 4) is 5.75 Å². The van der Waals surface area contributed by atoms with Crippen LogP contribution in [0.2, 0.25) is 0 Å². The lowest BCUT2D eigenvalue weighted by Crippen LogP contribution is -2.46. The summed E-state index contributed by atoms with van der Waals surface area (Å²) in [6.07, 6.45) is 1.26. The first-order valence-corrected chi connectivity index (χ1v) is 7.45. The van der Waals surface area contributed by atoms with Crippen molar-refractivity contribution in [2.75, 3.05) is 0 Å². The molecule has 1 saturated carbocycles. The second-order valence-corrected chi connectivity index (χ2v) is 6.86. The van der Waals surface area contributed by atoms with Crippen molar-refractivity contribution in [2.24, 2.45) is 0 Å². The molecule has 1 aliphatic carbocycles. The Hall–Kier alpha value is -1.71. The average Bonchev–Trinajstić information content (AvgIpc) is 2.28. The maximum atomic E-state index is 11.6. The van der Waals surface area contributed by atoms with Crippen LogP contribution in [0.5, 0.6) is 5.75 Å². The predicted molar refractivity (Wildman–Crippen MR) is 82.7 cm³/mol. The normalized spacial score (nSPS) is 21.4. The molecule has 0 saturated heterocycles. The van der Waals surface area contributed by atoms with E-state index in [2.05, 4.69) is 31.3 Å². The van der Waals surface area contributed by atoms with Gasteiger partial charge >= 0.3 is 6.09 Å². The first kappa shape index (κ1) is 15.7. The SMILES string of the molecule is Cc1ccc(OC2CC(OC(=O)NC(C)(C)C)C2)cc1C. The summed E-state index contributed by atoms with van der Waals surface area (Å²) >= 11 is 0. The van der Waals surface area contributed by atoms with Gasteiger partial charge in [0.15, 0.2) is 0 Å². The van der Waals surface area contributed by atoms with Crippen molar-refractivity contribution in [3.63, 3.8) is 0 Å². The maximum Gasteiger partial charge on any atom is 0.407 e. The first-order chi connectivity index (χ1) is 9.73. The molecule has 0 unspecified atom stereocenters. The summed E-state index contributed by atoms with van der Waals surface area (Å²) in [5, 5.41) is 2.79. The molecule has 1 N–H and O–H groups in total. The number of ether oxygens (including phenoxy) is 2. The number of benzene rings is 1. The summed E-state index contributed by atoms with van der Waals surface area (Å²) in [4.78, 5) is 11.6. The van der Waals surface area contributed by atoms with E-state index in [1.54, 1.807) is 0 Å². The van der Waals surface area contributed by atoms with E-state index in [4.69, 9.17) is 9.47 Å². The highest BCUT2D eigenvalue weighted by Crippen LogP contribution is 2.29. The number of carbonyl (C=O) groups excluding carboxylic acids is 1. The van der Waals surface area contributed by atoms with E-state index < -0.39 is 0 Å². The van der Waals surface area contributed by atoms with Crippen LogP contribution < -0.4 is 10.1 Å². The summed E-state index contributed by atoms with van der Waals surface area (Å²) in [6.45, 7) is 9.95. The van der Waals surface area contributed by atoms with E-state index in [1.165, 1.54) is 11.1 Å². The van der Waals surface area contributed by atoms with Crippen LogP contribution in [-0.2, 0) is 4.74 Å². The number of carbonyl (C=O) groups is 1. The molecule has 1 aliphatic rings. The number of hydrogen-bond acceptors (Lipinski definition) is 3. The third-order valence-corrected chi connectivity index (χ3v) is 3.58. The van der Waals surface area contributed by atoms with Gasteiger partial charge in [-0.05, 0) is 57.9 Å². The number of aryl methyl sites for hydroxylation is 2. The van der Waals surface area contributed by atoms with Gasteiger partial charge in [0.25, 0.3) is 0 Å². The Labute approximate surface area is 126 Å². The lowest BCUT2D eigenvalue weighted by molar-refractivity contribution is -0.0243. The molecule has 116 valence electrons. The monoisotopic (exact) mass is 291 g/mol. The molecule has 1 aromatic carbocycles. The smallest absolute Gasteiger partial charge is 0.407 e. The van der Waals surface area contributed by atoms with E-state index >= 15 is 0 Å². The zero-order valence-electron chi connectivity index (χ0n) is 13.5. The second kappa shape index (κ2) is 5.96. The van der Waals surface area contributed by atoms with Crippen LogP contribution >= 0.6 is 0 Å². The van der Waals surface area contributed by atoms with Crippen LogP contribution in [0.25, 0.3) is 0 Å². The minimum absolute atomic E-state index is 0.0381. The van der Waals surface area contributed by atoms with Gasteiger partial charge in [0.05, 0.1) is 0 Å². The highest BCUT2D eigenvalue weighted by molar-refractivity contribution is 5.68. The Bertz CT molecular complexity index is 513. The highest BCUT2D eigenvalue weighted by Gasteiger charge is 2.34. The van der Waals surface area contributed by atoms with Crippen LogP contribution in [0.4, 0.5) is 4.79 Å². The Morgan fingerprint density at radius 1 is 1.14 bits per heavy atom. The quantitative estimate of drug-likeness (QED) is 0.923. The van der Waals surface area contributed by atoms with E-state index in [0.717, 1.165) is 18.6 Å². The Balaban J connectivity index is 1.74. The molecule has 0 spiro atoms. The van der Waals surface area contributed by atoms with E-state index in [9.17, 15) is 4.79 Å². The van der Waals surface area contributed by atoms with Gasteiger partial charge in [-0.1, -0.05) is 6.07 Å². The second-order valence-electron chi connectivity index (χ2n) is 6.86. The Morgan fingerprint density at radius 3 is 2.38 bits per heavy atom. The van der Waals surface area contributed by atoms with Gasteiger partial charge in [-0.2, -0.15) is 0 Å². The summed E-state index contributed by atoms with van der Waals surface area (Å²) in [6, 6.07) is 6.10. The Morgan fingerprint density at radius 2 is 1.81 bits per heavy atom. The molecule has 2 rings (SSSR count). The van der Waals surface area contributed by atoms with Gasteiger partial charge in [0.1, 0.15) is 18.0 Å². The fraction of sp³-hybridized carbons (Fsp3) is 0.588. The minimum atomic E-state index is -0.350. The van der Waals surface area contributed by atoms with E-state index in [1.807, 2.05) is 26.8 Å². The number of rotatable bonds is 3. The molecule has 21 heavy (non-hydrogen) atoms. The molecule has 1 aromatic rings. The summed E-state index contributed by atoms with van der Waals surface area (Å²) in [7, 11) is 0. The van der Waals surface area contributed by atoms with Gasteiger partial charge in [-0.3, -0.25) is 0 Å². The fourth-order valence-electron chi connectivity index (χ4n) is 2.18. The van der Waals surface area contributed by atoms with Crippen LogP contribution in [0.15, 0.2) is 18.2 Å². The summed E-state index contributed by atoms with van der Waals surface area (Å²) in [5.41, 5.74) is 2.22. The average molecular weight is 291 g/mol. The van der Waals surface area contributed by atoms with E-state index in [-0.39, 0.29) is 23.8 Å². The molecule has 0 radical (unpaired) electrons. The standard InChI is InChI=1S/C17H25NO3/c1-11-6-7-13(8-12(11)2)20-14-9-15(10-14)21-16(19)18-17(3,4)5/h6-8,14-15H,9-10H2,1-5H3,(H,18,19). The zero-order valence-corrected chi connectivity index (χ0v) is 13.5. The topological polar surface area (TPSA) is 47.6 Å². The maximum absolute atomic E-state index is 11.6. The minimum Gasteiger partial charge on any atom is -0.490 e. The number of amides is 1. The van der Waals surface area contributed by atoms with Gasteiger partial charge in [0, 0.05) is 18.4 Å². The predicted octanol–water partition coefficient (Wildman–Crippen LogP) is 3.74. The van der Waals surface area contributed by atoms with Crippen molar-refractivity contribution in [3.05, 3.63) is 29.3 Å². The van der Waals surface area contributed by atoms with Crippen LogP contribution in [-0.4, -0.2) is 23.8 Å². The third-order valence-electron chi connectivity index (χ3n) is 3.58. The van der Waals surface area contributed by atoms with Crippen molar-refractivity contribution in [2.45, 2.75) is 65.2 Å².